The van der Waals surface area contributed by atoms with E-state index in [0.29, 0.717) is 18.4 Å². The molecule has 1 fully saturated rings. The number of carbonyl (C=O) groups is 1. The summed E-state index contributed by atoms with van der Waals surface area (Å²) < 4.78 is 11.7. The second kappa shape index (κ2) is 11.3. The lowest BCUT2D eigenvalue weighted by Crippen LogP contribution is -2.45. The van der Waals surface area contributed by atoms with Gasteiger partial charge in [0.15, 0.2) is 0 Å². The van der Waals surface area contributed by atoms with Gasteiger partial charge in [-0.3, -0.25) is 0 Å². The van der Waals surface area contributed by atoms with Gasteiger partial charge >= 0.3 is 6.09 Å². The van der Waals surface area contributed by atoms with Crippen molar-refractivity contribution in [2.45, 2.75) is 59.3 Å². The summed E-state index contributed by atoms with van der Waals surface area (Å²) in [4.78, 5) is 12.2. The average molecular weight is 377 g/mol. The third-order valence-corrected chi connectivity index (χ3v) is 5.29. The molecule has 0 bridgehead atoms. The molecule has 0 aliphatic carbocycles. The van der Waals surface area contributed by atoms with Gasteiger partial charge in [0, 0.05) is 0 Å². The zero-order valence-electron chi connectivity index (χ0n) is 17.2. The van der Waals surface area contributed by atoms with E-state index in [-0.39, 0.29) is 30.8 Å². The molecule has 27 heavy (non-hydrogen) atoms. The molecule has 2 atom stereocenters. The van der Waals surface area contributed by atoms with E-state index in [0.717, 1.165) is 31.5 Å². The highest BCUT2D eigenvalue weighted by Crippen LogP contribution is 2.25. The molecule has 0 radical (unpaired) electrons. The van der Waals surface area contributed by atoms with Gasteiger partial charge in [-0.05, 0) is 49.2 Å². The topological polar surface area (TPSA) is 59.6 Å². The van der Waals surface area contributed by atoms with E-state index in [4.69, 9.17) is 9.47 Å². The van der Waals surface area contributed by atoms with Gasteiger partial charge in [-0.2, -0.15) is 0 Å². The number of benzene rings is 1. The van der Waals surface area contributed by atoms with Crippen LogP contribution in [-0.2, 0) is 16.1 Å². The lowest BCUT2D eigenvalue weighted by atomic mass is 9.86. The first-order valence-corrected chi connectivity index (χ1v) is 10.3. The molecule has 152 valence electrons. The first kappa shape index (κ1) is 21.7. The Kier molecular flexibility index (Phi) is 9.08. The Morgan fingerprint density at radius 3 is 2.37 bits per heavy atom. The van der Waals surface area contributed by atoms with Crippen molar-refractivity contribution in [3.05, 3.63) is 35.9 Å². The van der Waals surface area contributed by atoms with Gasteiger partial charge in [-0.1, -0.05) is 58.0 Å². The van der Waals surface area contributed by atoms with Crippen molar-refractivity contribution < 1.29 is 14.3 Å². The maximum atomic E-state index is 12.2. The SMILES string of the molecule is CC(C)C(OC[C@H](NC(=O)OCc1ccccc1)C(C)C)C1CCNCC1. The fourth-order valence-electron chi connectivity index (χ4n) is 3.58. The van der Waals surface area contributed by atoms with Gasteiger partial charge in [-0.25, -0.2) is 4.79 Å². The van der Waals surface area contributed by atoms with Crippen LogP contribution in [0.5, 0.6) is 0 Å². The van der Waals surface area contributed by atoms with Gasteiger partial charge in [-0.15, -0.1) is 0 Å². The second-order valence-electron chi connectivity index (χ2n) is 8.19. The van der Waals surface area contributed by atoms with E-state index < -0.39 is 0 Å². The summed E-state index contributed by atoms with van der Waals surface area (Å²) in [6.45, 7) is 11.6. The molecule has 1 aromatic rings. The average Bonchev–Trinajstić information content (AvgIpc) is 2.67. The molecule has 1 heterocycles. The van der Waals surface area contributed by atoms with Crippen LogP contribution in [0.1, 0.15) is 46.1 Å². The minimum atomic E-state index is -0.385. The van der Waals surface area contributed by atoms with Gasteiger partial charge in [0.25, 0.3) is 0 Å². The molecule has 0 aromatic heterocycles. The molecule has 2 rings (SSSR count). The molecule has 5 heteroatoms. The summed E-state index contributed by atoms with van der Waals surface area (Å²) >= 11 is 0. The maximum absolute atomic E-state index is 12.2. The second-order valence-corrected chi connectivity index (χ2v) is 8.19. The highest BCUT2D eigenvalue weighted by Gasteiger charge is 2.28. The van der Waals surface area contributed by atoms with Crippen molar-refractivity contribution in [1.82, 2.24) is 10.6 Å². The fourth-order valence-corrected chi connectivity index (χ4v) is 3.58. The van der Waals surface area contributed by atoms with E-state index in [9.17, 15) is 4.79 Å². The van der Waals surface area contributed by atoms with Crippen molar-refractivity contribution >= 4 is 6.09 Å². The summed E-state index contributed by atoms with van der Waals surface area (Å²) in [5, 5.41) is 6.40. The summed E-state index contributed by atoms with van der Waals surface area (Å²) in [5.74, 6) is 1.32. The van der Waals surface area contributed by atoms with Crippen molar-refractivity contribution in [1.29, 1.82) is 0 Å². The van der Waals surface area contributed by atoms with Gasteiger partial charge in [0.05, 0.1) is 18.8 Å². The molecule has 5 nitrogen and oxygen atoms in total. The standard InChI is InChI=1S/C22H36N2O3/c1-16(2)20(24-22(25)27-14-18-8-6-5-7-9-18)15-26-21(17(3)4)19-10-12-23-13-11-19/h5-9,16-17,19-21,23H,10-15H2,1-4H3,(H,24,25)/t20-,21?/m0/s1. The van der Waals surface area contributed by atoms with E-state index in [1.807, 2.05) is 30.3 Å². The van der Waals surface area contributed by atoms with Gasteiger partial charge in [0.1, 0.15) is 6.61 Å². The van der Waals surface area contributed by atoms with Crippen molar-refractivity contribution in [3.8, 4) is 0 Å². The molecule has 1 aliphatic heterocycles. The Morgan fingerprint density at radius 2 is 1.78 bits per heavy atom. The van der Waals surface area contributed by atoms with Crippen molar-refractivity contribution in [3.63, 3.8) is 0 Å². The maximum Gasteiger partial charge on any atom is 0.407 e. The van der Waals surface area contributed by atoms with Crippen LogP contribution in [0, 0.1) is 17.8 Å². The Morgan fingerprint density at radius 1 is 1.11 bits per heavy atom. The number of nitrogens with one attached hydrogen (secondary N) is 2. The number of alkyl carbamates (subject to hydrolysis) is 1. The lowest BCUT2D eigenvalue weighted by molar-refractivity contribution is -0.0391. The minimum absolute atomic E-state index is 0.0590. The van der Waals surface area contributed by atoms with Crippen LogP contribution in [0.25, 0.3) is 0 Å². The van der Waals surface area contributed by atoms with Crippen molar-refractivity contribution in [2.24, 2.45) is 17.8 Å². The molecule has 0 saturated carbocycles. The summed E-state index contributed by atoms with van der Waals surface area (Å²) in [6, 6.07) is 9.66. The Bertz CT molecular complexity index is 542. The first-order chi connectivity index (χ1) is 13.0. The molecule has 1 unspecified atom stereocenters. The molecule has 1 aromatic carbocycles. The van der Waals surface area contributed by atoms with Crippen LogP contribution in [-0.4, -0.2) is 37.9 Å². The quantitative estimate of drug-likeness (QED) is 0.684. The normalized spacial score (nSPS) is 17.7. The molecule has 0 spiro atoms. The number of hydrogen-bond acceptors (Lipinski definition) is 4. The smallest absolute Gasteiger partial charge is 0.407 e. The number of ether oxygens (including phenoxy) is 2. The van der Waals surface area contributed by atoms with Crippen LogP contribution < -0.4 is 10.6 Å². The van der Waals surface area contributed by atoms with E-state index in [1.54, 1.807) is 0 Å². The molecule has 1 saturated heterocycles. The zero-order valence-corrected chi connectivity index (χ0v) is 17.2. The highest BCUT2D eigenvalue weighted by molar-refractivity contribution is 5.67. The lowest BCUT2D eigenvalue weighted by Gasteiger charge is -2.35. The Labute approximate surface area is 164 Å². The zero-order chi connectivity index (χ0) is 19.6. The molecule has 1 amide bonds. The van der Waals surface area contributed by atoms with Crippen LogP contribution >= 0.6 is 0 Å². The Hall–Kier alpha value is -1.59. The van der Waals surface area contributed by atoms with Crippen molar-refractivity contribution in [2.75, 3.05) is 19.7 Å². The predicted octanol–water partition coefficient (Wildman–Crippen LogP) is 3.98. The minimum Gasteiger partial charge on any atom is -0.445 e. The number of rotatable bonds is 9. The van der Waals surface area contributed by atoms with Crippen LogP contribution in [0.2, 0.25) is 0 Å². The number of hydrogen-bond donors (Lipinski definition) is 2. The van der Waals surface area contributed by atoms with E-state index in [2.05, 4.69) is 38.3 Å². The third-order valence-electron chi connectivity index (χ3n) is 5.29. The molecule has 1 aliphatic rings. The molecular formula is C22H36N2O3. The molecular weight excluding hydrogens is 340 g/mol. The van der Waals surface area contributed by atoms with Gasteiger partial charge < -0.3 is 20.1 Å². The van der Waals surface area contributed by atoms with Gasteiger partial charge in [0.2, 0.25) is 0 Å². The fraction of sp³-hybridized carbons (Fsp3) is 0.682. The number of piperidine rings is 1. The van der Waals surface area contributed by atoms with Crippen LogP contribution in [0.4, 0.5) is 4.79 Å². The highest BCUT2D eigenvalue weighted by atomic mass is 16.5. The van der Waals surface area contributed by atoms with Crippen LogP contribution in [0.3, 0.4) is 0 Å². The van der Waals surface area contributed by atoms with Crippen LogP contribution in [0.15, 0.2) is 30.3 Å². The first-order valence-electron chi connectivity index (χ1n) is 10.3. The summed E-state index contributed by atoms with van der Waals surface area (Å²) in [7, 11) is 0. The summed E-state index contributed by atoms with van der Waals surface area (Å²) in [6.07, 6.45) is 2.16. The monoisotopic (exact) mass is 376 g/mol. The number of amides is 1. The number of carbonyl (C=O) groups excluding carboxylic acids is 1. The molecule has 2 N–H and O–H groups in total. The Balaban J connectivity index is 1.83. The van der Waals surface area contributed by atoms with E-state index in [1.165, 1.54) is 0 Å². The summed E-state index contributed by atoms with van der Waals surface area (Å²) in [5.41, 5.74) is 0.982. The largest absolute Gasteiger partial charge is 0.445 e. The van der Waals surface area contributed by atoms with E-state index >= 15 is 0 Å². The predicted molar refractivity (Wildman–Crippen MR) is 109 cm³/mol. The third kappa shape index (κ3) is 7.51.